The third-order valence-electron chi connectivity index (χ3n) is 1.97. The molecule has 0 spiro atoms. The SMILES string of the molecule is C=CCCCC[C@H]1NS[C@@H](C)N1. The molecule has 0 aliphatic carbocycles. The average Bonchev–Trinajstić information content (AvgIpc) is 2.45. The van der Waals surface area contributed by atoms with Gasteiger partial charge in [-0.1, -0.05) is 24.4 Å². The summed E-state index contributed by atoms with van der Waals surface area (Å²) >= 11 is 1.79. The number of allylic oxidation sites excluding steroid dienone is 1. The van der Waals surface area contributed by atoms with Crippen molar-refractivity contribution >= 4 is 11.9 Å². The Hall–Kier alpha value is 0.01000. The molecule has 0 amide bonds. The van der Waals surface area contributed by atoms with Crippen LogP contribution in [0.15, 0.2) is 12.7 Å². The van der Waals surface area contributed by atoms with E-state index in [-0.39, 0.29) is 0 Å². The number of hydrogen-bond donors (Lipinski definition) is 2. The quantitative estimate of drug-likeness (QED) is 0.391. The summed E-state index contributed by atoms with van der Waals surface area (Å²) in [5, 5.41) is 4.02. The Morgan fingerprint density at radius 1 is 1.50 bits per heavy atom. The monoisotopic (exact) mass is 186 g/mol. The molecule has 2 nitrogen and oxygen atoms in total. The lowest BCUT2D eigenvalue weighted by molar-refractivity contribution is 0.475. The Bertz CT molecular complexity index is 138. The van der Waals surface area contributed by atoms with E-state index in [9.17, 15) is 0 Å². The molecular formula is C9H18N2S. The first-order valence-corrected chi connectivity index (χ1v) is 5.49. The summed E-state index contributed by atoms with van der Waals surface area (Å²) in [6, 6.07) is 0. The van der Waals surface area contributed by atoms with Crippen molar-refractivity contribution < 1.29 is 0 Å². The number of unbranched alkanes of at least 4 members (excludes halogenated alkanes) is 2. The highest BCUT2D eigenvalue weighted by molar-refractivity contribution is 7.98. The Kier molecular flexibility index (Phi) is 4.73. The summed E-state index contributed by atoms with van der Waals surface area (Å²) in [5.74, 6) is 0. The molecule has 2 atom stereocenters. The van der Waals surface area contributed by atoms with Gasteiger partial charge in [0.05, 0.1) is 11.5 Å². The predicted molar refractivity (Wildman–Crippen MR) is 55.8 cm³/mol. The van der Waals surface area contributed by atoms with Crippen molar-refractivity contribution in [2.45, 2.75) is 44.1 Å². The molecular weight excluding hydrogens is 168 g/mol. The maximum absolute atomic E-state index is 3.71. The van der Waals surface area contributed by atoms with Gasteiger partial charge in [-0.05, 0) is 26.2 Å². The molecule has 1 fully saturated rings. The van der Waals surface area contributed by atoms with E-state index < -0.39 is 0 Å². The molecule has 0 saturated carbocycles. The first-order valence-electron chi connectivity index (χ1n) is 4.61. The molecule has 3 heteroatoms. The number of nitrogens with one attached hydrogen (secondary N) is 2. The molecule has 1 aliphatic heterocycles. The Balaban J connectivity index is 1.96. The smallest absolute Gasteiger partial charge is 0.0676 e. The van der Waals surface area contributed by atoms with Crippen LogP contribution >= 0.6 is 11.9 Å². The normalized spacial score (nSPS) is 29.1. The molecule has 1 saturated heterocycles. The van der Waals surface area contributed by atoms with Crippen LogP contribution in [0.4, 0.5) is 0 Å². The molecule has 70 valence electrons. The maximum atomic E-state index is 3.71. The van der Waals surface area contributed by atoms with Crippen LogP contribution < -0.4 is 10.0 Å². The van der Waals surface area contributed by atoms with Gasteiger partial charge >= 0.3 is 0 Å². The highest BCUT2D eigenvalue weighted by Crippen LogP contribution is 2.15. The van der Waals surface area contributed by atoms with Crippen LogP contribution in [0.2, 0.25) is 0 Å². The van der Waals surface area contributed by atoms with E-state index in [1.807, 2.05) is 6.08 Å². The largest absolute Gasteiger partial charge is 0.289 e. The lowest BCUT2D eigenvalue weighted by Gasteiger charge is -2.09. The first kappa shape index (κ1) is 10.1. The maximum Gasteiger partial charge on any atom is 0.0676 e. The zero-order valence-electron chi connectivity index (χ0n) is 7.68. The van der Waals surface area contributed by atoms with Gasteiger partial charge in [-0.25, -0.2) is 4.72 Å². The molecule has 0 unspecified atom stereocenters. The average molecular weight is 186 g/mol. The molecule has 0 aromatic heterocycles. The fourth-order valence-electron chi connectivity index (χ4n) is 1.31. The van der Waals surface area contributed by atoms with E-state index in [0.717, 1.165) is 6.42 Å². The highest BCUT2D eigenvalue weighted by atomic mass is 32.2. The summed E-state index contributed by atoms with van der Waals surface area (Å²) in [7, 11) is 0. The summed E-state index contributed by atoms with van der Waals surface area (Å²) in [4.78, 5) is 0. The highest BCUT2D eigenvalue weighted by Gasteiger charge is 2.18. The van der Waals surface area contributed by atoms with Crippen LogP contribution in [0.1, 0.15) is 32.6 Å². The zero-order valence-corrected chi connectivity index (χ0v) is 8.49. The van der Waals surface area contributed by atoms with Crippen LogP contribution in [0.5, 0.6) is 0 Å². The zero-order chi connectivity index (χ0) is 8.81. The molecule has 0 aromatic carbocycles. The van der Waals surface area contributed by atoms with Gasteiger partial charge in [0.2, 0.25) is 0 Å². The van der Waals surface area contributed by atoms with Crippen LogP contribution in [-0.4, -0.2) is 11.5 Å². The summed E-state index contributed by atoms with van der Waals surface area (Å²) in [6.45, 7) is 5.89. The van der Waals surface area contributed by atoms with Gasteiger partial charge in [-0.2, -0.15) is 0 Å². The van der Waals surface area contributed by atoms with Crippen molar-refractivity contribution in [2.75, 3.05) is 0 Å². The fourth-order valence-corrected chi connectivity index (χ4v) is 2.10. The van der Waals surface area contributed by atoms with E-state index in [1.165, 1.54) is 19.3 Å². The van der Waals surface area contributed by atoms with E-state index >= 15 is 0 Å². The lowest BCUT2D eigenvalue weighted by Crippen LogP contribution is -2.32. The minimum absolute atomic E-state index is 0.523. The van der Waals surface area contributed by atoms with Crippen molar-refractivity contribution in [1.82, 2.24) is 10.0 Å². The van der Waals surface area contributed by atoms with Crippen LogP contribution in [0.25, 0.3) is 0 Å². The molecule has 2 N–H and O–H groups in total. The second kappa shape index (κ2) is 5.62. The summed E-state index contributed by atoms with van der Waals surface area (Å²) < 4.78 is 3.36. The van der Waals surface area contributed by atoms with Crippen LogP contribution in [0, 0.1) is 0 Å². The van der Waals surface area contributed by atoms with E-state index in [0.29, 0.717) is 11.5 Å². The predicted octanol–water partition coefficient (Wildman–Crippen LogP) is 2.25. The lowest BCUT2D eigenvalue weighted by atomic mass is 10.1. The second-order valence-electron chi connectivity index (χ2n) is 3.17. The second-order valence-corrected chi connectivity index (χ2v) is 4.35. The first-order chi connectivity index (χ1) is 5.83. The van der Waals surface area contributed by atoms with E-state index in [2.05, 4.69) is 23.5 Å². The third-order valence-corrected chi connectivity index (χ3v) is 2.88. The summed E-state index contributed by atoms with van der Waals surface area (Å²) in [6.07, 6.45) is 7.44. The Morgan fingerprint density at radius 3 is 2.92 bits per heavy atom. The fraction of sp³-hybridized carbons (Fsp3) is 0.778. The number of hydrogen-bond acceptors (Lipinski definition) is 3. The van der Waals surface area contributed by atoms with Crippen molar-refractivity contribution in [1.29, 1.82) is 0 Å². The van der Waals surface area contributed by atoms with Crippen molar-refractivity contribution in [3.8, 4) is 0 Å². The Morgan fingerprint density at radius 2 is 2.33 bits per heavy atom. The molecule has 1 rings (SSSR count). The molecule has 0 radical (unpaired) electrons. The van der Waals surface area contributed by atoms with Gasteiger partial charge in [0, 0.05) is 0 Å². The minimum atomic E-state index is 0.523. The molecule has 0 aromatic rings. The van der Waals surface area contributed by atoms with Crippen molar-refractivity contribution in [3.63, 3.8) is 0 Å². The van der Waals surface area contributed by atoms with Crippen LogP contribution in [-0.2, 0) is 0 Å². The van der Waals surface area contributed by atoms with Gasteiger partial charge in [-0.3, -0.25) is 5.32 Å². The standard InChI is InChI=1S/C9H18N2S/c1-3-4-5-6-7-9-10-8(2)12-11-9/h3,8-11H,1,4-7H2,2H3/t8-,9+/m0/s1. The van der Waals surface area contributed by atoms with Gasteiger partial charge < -0.3 is 0 Å². The number of rotatable bonds is 5. The molecule has 0 bridgehead atoms. The van der Waals surface area contributed by atoms with Crippen LogP contribution in [0.3, 0.4) is 0 Å². The van der Waals surface area contributed by atoms with Crippen molar-refractivity contribution in [3.05, 3.63) is 12.7 Å². The van der Waals surface area contributed by atoms with Crippen molar-refractivity contribution in [2.24, 2.45) is 0 Å². The summed E-state index contributed by atoms with van der Waals surface area (Å²) in [5.41, 5.74) is 0. The van der Waals surface area contributed by atoms with E-state index in [1.54, 1.807) is 11.9 Å². The topological polar surface area (TPSA) is 24.1 Å². The third kappa shape index (κ3) is 3.61. The van der Waals surface area contributed by atoms with Gasteiger partial charge in [-0.15, -0.1) is 6.58 Å². The van der Waals surface area contributed by atoms with Gasteiger partial charge in [0.1, 0.15) is 0 Å². The van der Waals surface area contributed by atoms with Gasteiger partial charge in [0.25, 0.3) is 0 Å². The van der Waals surface area contributed by atoms with Gasteiger partial charge in [0.15, 0.2) is 0 Å². The molecule has 12 heavy (non-hydrogen) atoms. The van der Waals surface area contributed by atoms with E-state index in [4.69, 9.17) is 0 Å². The molecule has 1 aliphatic rings. The Labute approximate surface area is 79.3 Å². The minimum Gasteiger partial charge on any atom is -0.289 e. The molecule has 1 heterocycles.